The third-order valence-corrected chi connectivity index (χ3v) is 5.12. The smallest absolute Gasteiger partial charge is 0.156 e. The Labute approximate surface area is 129 Å². The number of hydrogen-bond acceptors (Lipinski definition) is 5. The van der Waals surface area contributed by atoms with Crippen molar-refractivity contribution in [3.63, 3.8) is 0 Å². The highest BCUT2D eigenvalue weighted by atomic mass is 32.1. The van der Waals surface area contributed by atoms with Crippen molar-refractivity contribution in [2.24, 2.45) is 12.8 Å². The molecule has 114 valence electrons. The van der Waals surface area contributed by atoms with Gasteiger partial charge < -0.3 is 16.4 Å². The second kappa shape index (κ2) is 5.69. The molecule has 1 unspecified atom stereocenters. The van der Waals surface area contributed by atoms with Gasteiger partial charge in [-0.25, -0.2) is 0 Å². The summed E-state index contributed by atoms with van der Waals surface area (Å²) in [5, 5.41) is 4.45. The predicted molar refractivity (Wildman–Crippen MR) is 89.7 cm³/mol. The summed E-state index contributed by atoms with van der Waals surface area (Å²) in [6, 6.07) is 4.59. The van der Waals surface area contributed by atoms with E-state index in [2.05, 4.69) is 29.1 Å². The predicted octanol–water partition coefficient (Wildman–Crippen LogP) is 2.36. The average Bonchev–Trinajstić information content (AvgIpc) is 2.89. The highest BCUT2D eigenvalue weighted by molar-refractivity contribution is 7.15. The third-order valence-electron chi connectivity index (χ3n) is 4.10. The van der Waals surface area contributed by atoms with Crippen LogP contribution in [0.5, 0.6) is 0 Å². The number of anilines is 2. The van der Waals surface area contributed by atoms with E-state index in [9.17, 15) is 0 Å². The van der Waals surface area contributed by atoms with E-state index in [0.717, 1.165) is 43.7 Å². The molecule has 0 radical (unpaired) electrons. The molecule has 2 aromatic heterocycles. The molecule has 1 aliphatic heterocycles. The molecule has 1 aliphatic rings. The van der Waals surface area contributed by atoms with Crippen LogP contribution in [0, 0.1) is 6.92 Å². The summed E-state index contributed by atoms with van der Waals surface area (Å²) >= 11 is 1.77. The van der Waals surface area contributed by atoms with Gasteiger partial charge in [0.15, 0.2) is 5.82 Å². The molecule has 1 atom stereocenters. The Morgan fingerprint density at radius 3 is 2.81 bits per heavy atom. The fraction of sp³-hybridized carbons (Fsp3) is 0.533. The normalized spacial score (nSPS) is 19.8. The lowest BCUT2D eigenvalue weighted by atomic mass is 10.1. The molecule has 3 rings (SSSR count). The monoisotopic (exact) mass is 305 g/mol. The van der Waals surface area contributed by atoms with Gasteiger partial charge in [0.05, 0.1) is 5.56 Å². The first kappa shape index (κ1) is 14.4. The summed E-state index contributed by atoms with van der Waals surface area (Å²) in [4.78, 5) is 4.87. The largest absolute Gasteiger partial charge is 0.382 e. The Bertz CT molecular complexity index is 630. The molecule has 0 aliphatic carbocycles. The zero-order valence-electron chi connectivity index (χ0n) is 12.7. The van der Waals surface area contributed by atoms with Crippen molar-refractivity contribution in [2.45, 2.75) is 32.2 Å². The summed E-state index contributed by atoms with van der Waals surface area (Å²) in [6.45, 7) is 4.10. The lowest BCUT2D eigenvalue weighted by Gasteiger charge is -2.23. The standard InChI is InChI=1S/C15H23N5S/c1-10-5-6-12(21-10)13-14(17)18-19(2)15(13)20-8-3-4-11(16)7-9-20/h5-6,11H,3-4,7-9,16H2,1-2H3,(H2,17,18). The quantitative estimate of drug-likeness (QED) is 0.893. The maximum atomic E-state index is 6.18. The zero-order valence-corrected chi connectivity index (χ0v) is 13.5. The molecule has 0 amide bonds. The van der Waals surface area contributed by atoms with Gasteiger partial charge in [0.1, 0.15) is 5.82 Å². The highest BCUT2D eigenvalue weighted by Crippen LogP contribution is 2.39. The van der Waals surface area contributed by atoms with Crippen LogP contribution >= 0.6 is 11.3 Å². The summed E-state index contributed by atoms with van der Waals surface area (Å²) in [6.07, 6.45) is 3.24. The summed E-state index contributed by atoms with van der Waals surface area (Å²) in [5.41, 5.74) is 13.4. The van der Waals surface area contributed by atoms with Gasteiger partial charge in [-0.1, -0.05) is 0 Å². The first-order valence-electron chi connectivity index (χ1n) is 7.46. The van der Waals surface area contributed by atoms with Gasteiger partial charge in [-0.3, -0.25) is 4.68 Å². The number of aromatic nitrogens is 2. The molecule has 0 aromatic carbocycles. The topological polar surface area (TPSA) is 73.1 Å². The lowest BCUT2D eigenvalue weighted by Crippen LogP contribution is -2.28. The van der Waals surface area contributed by atoms with Crippen molar-refractivity contribution in [2.75, 3.05) is 23.7 Å². The molecule has 5 nitrogen and oxygen atoms in total. The van der Waals surface area contributed by atoms with E-state index in [-0.39, 0.29) is 0 Å². The minimum atomic E-state index is 0.313. The first-order valence-corrected chi connectivity index (χ1v) is 8.27. The Balaban J connectivity index is 2.01. The van der Waals surface area contributed by atoms with E-state index in [1.165, 1.54) is 9.75 Å². The molecule has 1 saturated heterocycles. The van der Waals surface area contributed by atoms with Crippen LogP contribution in [0.3, 0.4) is 0 Å². The zero-order chi connectivity index (χ0) is 15.0. The van der Waals surface area contributed by atoms with Gasteiger partial charge in [-0.2, -0.15) is 5.10 Å². The number of aryl methyl sites for hydroxylation is 2. The fourth-order valence-corrected chi connectivity index (χ4v) is 3.95. The molecule has 21 heavy (non-hydrogen) atoms. The van der Waals surface area contributed by atoms with Gasteiger partial charge >= 0.3 is 0 Å². The van der Waals surface area contributed by atoms with Crippen molar-refractivity contribution in [3.8, 4) is 10.4 Å². The molecule has 3 heterocycles. The van der Waals surface area contributed by atoms with Gasteiger partial charge in [0, 0.05) is 35.9 Å². The minimum absolute atomic E-state index is 0.313. The van der Waals surface area contributed by atoms with E-state index in [1.807, 2.05) is 11.7 Å². The Morgan fingerprint density at radius 1 is 1.29 bits per heavy atom. The molecule has 6 heteroatoms. The van der Waals surface area contributed by atoms with Crippen LogP contribution in [-0.4, -0.2) is 28.9 Å². The van der Waals surface area contributed by atoms with Crippen LogP contribution < -0.4 is 16.4 Å². The van der Waals surface area contributed by atoms with Crippen molar-refractivity contribution in [1.82, 2.24) is 9.78 Å². The van der Waals surface area contributed by atoms with Crippen LogP contribution in [0.1, 0.15) is 24.1 Å². The van der Waals surface area contributed by atoms with Gasteiger partial charge in [0.25, 0.3) is 0 Å². The average molecular weight is 305 g/mol. The highest BCUT2D eigenvalue weighted by Gasteiger charge is 2.24. The molecular weight excluding hydrogens is 282 g/mol. The van der Waals surface area contributed by atoms with Crippen molar-refractivity contribution in [1.29, 1.82) is 0 Å². The van der Waals surface area contributed by atoms with Crippen molar-refractivity contribution >= 4 is 23.0 Å². The van der Waals surface area contributed by atoms with Gasteiger partial charge in [-0.05, 0) is 38.3 Å². The number of nitrogen functional groups attached to an aromatic ring is 1. The number of thiophene rings is 1. The summed E-state index contributed by atoms with van der Waals surface area (Å²) in [5.74, 6) is 1.74. The van der Waals surface area contributed by atoms with Crippen LogP contribution in [0.2, 0.25) is 0 Å². The first-order chi connectivity index (χ1) is 10.1. The molecule has 0 spiro atoms. The van der Waals surface area contributed by atoms with Crippen LogP contribution in [0.15, 0.2) is 12.1 Å². The molecule has 0 bridgehead atoms. The Kier molecular flexibility index (Phi) is 3.91. The van der Waals surface area contributed by atoms with Crippen molar-refractivity contribution < 1.29 is 0 Å². The number of nitrogens with two attached hydrogens (primary N) is 2. The number of rotatable bonds is 2. The van der Waals surface area contributed by atoms with Gasteiger partial charge in [-0.15, -0.1) is 11.3 Å². The lowest BCUT2D eigenvalue weighted by molar-refractivity contribution is 0.601. The third kappa shape index (κ3) is 2.78. The van der Waals surface area contributed by atoms with Crippen LogP contribution in [0.25, 0.3) is 10.4 Å². The summed E-state index contributed by atoms with van der Waals surface area (Å²) in [7, 11) is 1.97. The van der Waals surface area contributed by atoms with Crippen LogP contribution in [0.4, 0.5) is 11.6 Å². The van der Waals surface area contributed by atoms with E-state index in [0.29, 0.717) is 11.9 Å². The summed E-state index contributed by atoms with van der Waals surface area (Å²) < 4.78 is 1.91. The number of hydrogen-bond donors (Lipinski definition) is 2. The van der Waals surface area contributed by atoms with Gasteiger partial charge in [0.2, 0.25) is 0 Å². The molecule has 1 fully saturated rings. The molecule has 2 aromatic rings. The maximum Gasteiger partial charge on any atom is 0.156 e. The van der Waals surface area contributed by atoms with E-state index >= 15 is 0 Å². The Morgan fingerprint density at radius 2 is 2.10 bits per heavy atom. The maximum absolute atomic E-state index is 6.18. The molecular formula is C15H23N5S. The van der Waals surface area contributed by atoms with E-state index < -0.39 is 0 Å². The fourth-order valence-electron chi connectivity index (χ4n) is 3.04. The second-order valence-corrected chi connectivity index (χ2v) is 7.08. The van der Waals surface area contributed by atoms with E-state index in [4.69, 9.17) is 11.5 Å². The van der Waals surface area contributed by atoms with Crippen LogP contribution in [-0.2, 0) is 7.05 Å². The minimum Gasteiger partial charge on any atom is -0.382 e. The second-order valence-electron chi connectivity index (χ2n) is 5.80. The van der Waals surface area contributed by atoms with E-state index in [1.54, 1.807) is 11.3 Å². The molecule has 0 saturated carbocycles. The molecule has 4 N–H and O–H groups in total. The number of nitrogens with zero attached hydrogens (tertiary/aromatic N) is 3. The SMILES string of the molecule is Cc1ccc(-c2c(N)nn(C)c2N2CCCC(N)CC2)s1. The Hall–Kier alpha value is -1.53. The van der Waals surface area contributed by atoms with Crippen molar-refractivity contribution in [3.05, 3.63) is 17.0 Å².